The summed E-state index contributed by atoms with van der Waals surface area (Å²) in [5, 5.41) is 0. The number of halogens is 1. The number of carbonyl (C=O) groups excluding carboxylic acids is 1. The van der Waals surface area contributed by atoms with Crippen molar-refractivity contribution in [3.63, 3.8) is 0 Å². The Balaban J connectivity index is 2.35. The van der Waals surface area contributed by atoms with Crippen LogP contribution in [0, 0.1) is 5.82 Å². The van der Waals surface area contributed by atoms with Crippen LogP contribution >= 0.6 is 0 Å². The number of rotatable bonds is 3. The lowest BCUT2D eigenvalue weighted by molar-refractivity contribution is 0.0990. The molecule has 0 saturated heterocycles. The van der Waals surface area contributed by atoms with Gasteiger partial charge >= 0.3 is 0 Å². The van der Waals surface area contributed by atoms with E-state index in [4.69, 9.17) is 10.5 Å². The smallest absolute Gasteiger partial charge is 0.261 e. The van der Waals surface area contributed by atoms with Crippen LogP contribution in [0.1, 0.15) is 10.4 Å². The standard InChI is InChI=1S/C15H15FN2O2/c1-18(12-6-3-10(16)4-7-12)15(19)13-9-11(17)5-8-14(13)20-2/h3-9H,17H2,1-2H3. The van der Waals surface area contributed by atoms with Gasteiger partial charge in [0.25, 0.3) is 5.91 Å². The summed E-state index contributed by atoms with van der Waals surface area (Å²) < 4.78 is 18.1. The summed E-state index contributed by atoms with van der Waals surface area (Å²) in [4.78, 5) is 13.9. The zero-order valence-corrected chi connectivity index (χ0v) is 11.3. The highest BCUT2D eigenvalue weighted by Gasteiger charge is 2.18. The highest BCUT2D eigenvalue weighted by molar-refractivity contribution is 6.08. The third kappa shape index (κ3) is 2.71. The number of amides is 1. The predicted octanol–water partition coefficient (Wildman–Crippen LogP) is 2.69. The van der Waals surface area contributed by atoms with E-state index in [-0.39, 0.29) is 11.7 Å². The molecule has 0 aliphatic heterocycles. The summed E-state index contributed by atoms with van der Waals surface area (Å²) in [6.45, 7) is 0. The van der Waals surface area contributed by atoms with Crippen molar-refractivity contribution in [3.8, 4) is 5.75 Å². The zero-order chi connectivity index (χ0) is 14.7. The first-order valence-electron chi connectivity index (χ1n) is 6.00. The van der Waals surface area contributed by atoms with Crippen LogP contribution in [-0.2, 0) is 0 Å². The highest BCUT2D eigenvalue weighted by Crippen LogP contribution is 2.24. The lowest BCUT2D eigenvalue weighted by Gasteiger charge is -2.19. The Kier molecular flexibility index (Phi) is 3.89. The molecule has 2 aromatic carbocycles. The average Bonchev–Trinajstić information content (AvgIpc) is 2.46. The fourth-order valence-corrected chi connectivity index (χ4v) is 1.86. The van der Waals surface area contributed by atoms with Crippen LogP contribution in [-0.4, -0.2) is 20.1 Å². The summed E-state index contributed by atoms with van der Waals surface area (Å²) in [6.07, 6.45) is 0. The van der Waals surface area contributed by atoms with Crippen LogP contribution < -0.4 is 15.4 Å². The van der Waals surface area contributed by atoms with Crippen LogP contribution in [0.15, 0.2) is 42.5 Å². The molecule has 0 unspecified atom stereocenters. The van der Waals surface area contributed by atoms with Gasteiger partial charge in [0, 0.05) is 18.4 Å². The summed E-state index contributed by atoms with van der Waals surface area (Å²) >= 11 is 0. The van der Waals surface area contributed by atoms with E-state index in [9.17, 15) is 9.18 Å². The number of hydrogen-bond donors (Lipinski definition) is 1. The minimum absolute atomic E-state index is 0.277. The van der Waals surface area contributed by atoms with E-state index in [0.717, 1.165) is 0 Å². The minimum Gasteiger partial charge on any atom is -0.496 e. The Labute approximate surface area is 116 Å². The molecule has 0 heterocycles. The maximum atomic E-state index is 12.9. The fraction of sp³-hybridized carbons (Fsp3) is 0.133. The summed E-state index contributed by atoms with van der Waals surface area (Å²) in [7, 11) is 3.10. The van der Waals surface area contributed by atoms with E-state index >= 15 is 0 Å². The molecular weight excluding hydrogens is 259 g/mol. The largest absolute Gasteiger partial charge is 0.496 e. The van der Waals surface area contributed by atoms with Crippen molar-refractivity contribution in [2.45, 2.75) is 0 Å². The van der Waals surface area contributed by atoms with Crippen LogP contribution in [0.2, 0.25) is 0 Å². The van der Waals surface area contributed by atoms with Gasteiger partial charge in [0.15, 0.2) is 0 Å². The molecule has 2 aromatic rings. The number of anilines is 2. The van der Waals surface area contributed by atoms with Gasteiger partial charge in [-0.1, -0.05) is 0 Å². The number of nitrogens with zero attached hydrogens (tertiary/aromatic N) is 1. The van der Waals surface area contributed by atoms with E-state index in [1.54, 1.807) is 25.2 Å². The monoisotopic (exact) mass is 274 g/mol. The molecule has 0 bridgehead atoms. The molecule has 0 aromatic heterocycles. The first-order chi connectivity index (χ1) is 9.52. The number of methoxy groups -OCH3 is 1. The predicted molar refractivity (Wildman–Crippen MR) is 76.5 cm³/mol. The molecule has 5 heteroatoms. The Hall–Kier alpha value is -2.56. The second-order valence-corrected chi connectivity index (χ2v) is 4.30. The Bertz CT molecular complexity index is 626. The van der Waals surface area contributed by atoms with Crippen molar-refractivity contribution in [1.82, 2.24) is 0 Å². The van der Waals surface area contributed by atoms with E-state index < -0.39 is 0 Å². The van der Waals surface area contributed by atoms with Crippen molar-refractivity contribution in [2.24, 2.45) is 0 Å². The van der Waals surface area contributed by atoms with Gasteiger partial charge < -0.3 is 15.4 Å². The van der Waals surface area contributed by atoms with E-state index in [1.807, 2.05) is 0 Å². The van der Waals surface area contributed by atoms with Crippen molar-refractivity contribution in [1.29, 1.82) is 0 Å². The zero-order valence-electron chi connectivity index (χ0n) is 11.3. The number of hydrogen-bond acceptors (Lipinski definition) is 3. The summed E-state index contributed by atoms with van der Waals surface area (Å²) in [5.41, 5.74) is 7.12. The minimum atomic E-state index is -0.351. The van der Waals surface area contributed by atoms with Crippen molar-refractivity contribution < 1.29 is 13.9 Å². The molecule has 0 saturated carbocycles. The van der Waals surface area contributed by atoms with Gasteiger partial charge in [0.2, 0.25) is 0 Å². The molecule has 4 nitrogen and oxygen atoms in total. The summed E-state index contributed by atoms with van der Waals surface area (Å²) in [6, 6.07) is 10.5. The molecule has 2 rings (SSSR count). The third-order valence-electron chi connectivity index (χ3n) is 2.97. The topological polar surface area (TPSA) is 55.6 Å². The SMILES string of the molecule is COc1ccc(N)cc1C(=O)N(C)c1ccc(F)cc1. The first kappa shape index (κ1) is 13.9. The quantitative estimate of drug-likeness (QED) is 0.875. The highest BCUT2D eigenvalue weighted by atomic mass is 19.1. The molecule has 0 atom stereocenters. The average molecular weight is 274 g/mol. The van der Waals surface area contributed by atoms with Gasteiger partial charge in [0.1, 0.15) is 11.6 Å². The van der Waals surface area contributed by atoms with Gasteiger partial charge in [0.05, 0.1) is 12.7 Å². The van der Waals surface area contributed by atoms with Crippen LogP contribution in [0.4, 0.5) is 15.8 Å². The van der Waals surface area contributed by atoms with E-state index in [0.29, 0.717) is 22.7 Å². The third-order valence-corrected chi connectivity index (χ3v) is 2.97. The van der Waals surface area contributed by atoms with Crippen molar-refractivity contribution >= 4 is 17.3 Å². The molecule has 2 N–H and O–H groups in total. The maximum Gasteiger partial charge on any atom is 0.261 e. The number of benzene rings is 2. The van der Waals surface area contributed by atoms with E-state index in [1.165, 1.54) is 36.3 Å². The molecule has 0 aliphatic rings. The van der Waals surface area contributed by atoms with Crippen LogP contribution in [0.3, 0.4) is 0 Å². The second kappa shape index (κ2) is 5.61. The lowest BCUT2D eigenvalue weighted by atomic mass is 10.1. The first-order valence-corrected chi connectivity index (χ1v) is 6.00. The Morgan fingerprint density at radius 2 is 1.85 bits per heavy atom. The van der Waals surface area contributed by atoms with Gasteiger partial charge in [-0.05, 0) is 42.5 Å². The second-order valence-electron chi connectivity index (χ2n) is 4.30. The van der Waals surface area contributed by atoms with Gasteiger partial charge in [-0.2, -0.15) is 0 Å². The fourth-order valence-electron chi connectivity index (χ4n) is 1.86. The number of nitrogen functional groups attached to an aromatic ring is 1. The Morgan fingerprint density at radius 1 is 1.20 bits per heavy atom. The van der Waals surface area contributed by atoms with Gasteiger partial charge in [-0.3, -0.25) is 4.79 Å². The van der Waals surface area contributed by atoms with E-state index in [2.05, 4.69) is 0 Å². The number of carbonyl (C=O) groups is 1. The number of nitrogens with two attached hydrogens (primary N) is 1. The lowest BCUT2D eigenvalue weighted by Crippen LogP contribution is -2.26. The van der Waals surface area contributed by atoms with Crippen LogP contribution in [0.5, 0.6) is 5.75 Å². The molecule has 1 amide bonds. The molecule has 20 heavy (non-hydrogen) atoms. The molecule has 0 fully saturated rings. The Morgan fingerprint density at radius 3 is 2.45 bits per heavy atom. The molecular formula is C15H15FN2O2. The number of ether oxygens (including phenoxy) is 1. The van der Waals surface area contributed by atoms with Crippen LogP contribution in [0.25, 0.3) is 0 Å². The van der Waals surface area contributed by atoms with Crippen molar-refractivity contribution in [3.05, 3.63) is 53.8 Å². The van der Waals surface area contributed by atoms with Gasteiger partial charge in [-0.25, -0.2) is 4.39 Å². The normalized spacial score (nSPS) is 10.2. The molecule has 104 valence electrons. The van der Waals surface area contributed by atoms with Crippen molar-refractivity contribution in [2.75, 3.05) is 24.8 Å². The molecule has 0 spiro atoms. The van der Waals surface area contributed by atoms with Gasteiger partial charge in [-0.15, -0.1) is 0 Å². The summed E-state index contributed by atoms with van der Waals surface area (Å²) in [5.74, 6) is -0.185. The maximum absolute atomic E-state index is 12.9. The molecule has 0 aliphatic carbocycles. The molecule has 0 radical (unpaired) electrons.